The minimum Gasteiger partial charge on any atom is -0.333 e. The number of fused-ring (bicyclic) bond motifs is 6. The highest BCUT2D eigenvalue weighted by molar-refractivity contribution is 6.09. The van der Waals surface area contributed by atoms with Crippen molar-refractivity contribution in [3.05, 3.63) is 200 Å². The normalized spacial score (nSPS) is 16.2. The number of hydrogen-bond acceptors (Lipinski definition) is 1. The van der Waals surface area contributed by atoms with Gasteiger partial charge in [0, 0.05) is 33.8 Å². The molecule has 2 aliphatic rings. The summed E-state index contributed by atoms with van der Waals surface area (Å²) in [5, 5.41) is 2.55. The van der Waals surface area contributed by atoms with Gasteiger partial charge in [0.1, 0.15) is 0 Å². The summed E-state index contributed by atoms with van der Waals surface area (Å²) in [5.74, 6) is 0.377. The largest absolute Gasteiger partial charge is 0.333 e. The molecule has 0 saturated carbocycles. The van der Waals surface area contributed by atoms with Gasteiger partial charge >= 0.3 is 0 Å². The Morgan fingerprint density at radius 2 is 0.880 bits per heavy atom. The molecule has 1 aliphatic heterocycles. The van der Waals surface area contributed by atoms with E-state index in [1.165, 1.54) is 72.1 Å². The Hall–Kier alpha value is -6.38. The van der Waals surface area contributed by atoms with Gasteiger partial charge in [0.2, 0.25) is 0 Å². The van der Waals surface area contributed by atoms with E-state index in [2.05, 4.69) is 204 Å². The molecular formula is C48H34N2. The first-order valence-corrected chi connectivity index (χ1v) is 17.4. The van der Waals surface area contributed by atoms with Crippen LogP contribution in [0.15, 0.2) is 194 Å². The summed E-state index contributed by atoms with van der Waals surface area (Å²) in [6, 6.07) is 62.4. The lowest BCUT2D eigenvalue weighted by atomic mass is 9.91. The molecule has 0 N–H and O–H groups in total. The average molecular weight is 639 g/mol. The predicted molar refractivity (Wildman–Crippen MR) is 210 cm³/mol. The topological polar surface area (TPSA) is 8.17 Å². The molecule has 50 heavy (non-hydrogen) atoms. The first-order valence-electron chi connectivity index (χ1n) is 17.4. The van der Waals surface area contributed by atoms with Gasteiger partial charge in [-0.2, -0.15) is 0 Å². The van der Waals surface area contributed by atoms with Crippen LogP contribution in [-0.2, 0) is 0 Å². The number of benzene rings is 7. The third-order valence-electron chi connectivity index (χ3n) is 10.5. The quantitative estimate of drug-likeness (QED) is 0.182. The van der Waals surface area contributed by atoms with Gasteiger partial charge < -0.3 is 9.47 Å². The van der Waals surface area contributed by atoms with Crippen LogP contribution in [0.5, 0.6) is 0 Å². The molecule has 1 aromatic heterocycles. The molecule has 0 spiro atoms. The van der Waals surface area contributed by atoms with Gasteiger partial charge in [-0.25, -0.2) is 0 Å². The zero-order valence-corrected chi connectivity index (χ0v) is 27.5. The third kappa shape index (κ3) is 4.64. The lowest BCUT2D eigenvalue weighted by Crippen LogP contribution is -2.28. The van der Waals surface area contributed by atoms with Gasteiger partial charge in [0.15, 0.2) is 0 Å². The zero-order chi connectivity index (χ0) is 33.0. The van der Waals surface area contributed by atoms with Crippen LogP contribution >= 0.6 is 0 Å². The van der Waals surface area contributed by atoms with Crippen LogP contribution in [0, 0.1) is 0 Å². The van der Waals surface area contributed by atoms with Crippen LogP contribution in [0.1, 0.15) is 11.5 Å². The maximum atomic E-state index is 2.49. The summed E-state index contributed by atoms with van der Waals surface area (Å²) in [6.45, 7) is 0. The highest BCUT2D eigenvalue weighted by Crippen LogP contribution is 2.47. The van der Waals surface area contributed by atoms with Gasteiger partial charge in [0.25, 0.3) is 0 Å². The van der Waals surface area contributed by atoms with Gasteiger partial charge in [-0.05, 0) is 99.6 Å². The SMILES string of the molecule is C1=CC2c3ccccc3N(c3ccc(-c4cc(-c5ccccc5)cc(-c5ccc(-n6c7ccccc7c7ccccc76)cc5)c4)cc3)C2C=C1. The predicted octanol–water partition coefficient (Wildman–Crippen LogP) is 12.5. The zero-order valence-electron chi connectivity index (χ0n) is 27.5. The van der Waals surface area contributed by atoms with Crippen LogP contribution in [0.4, 0.5) is 11.4 Å². The fourth-order valence-corrected chi connectivity index (χ4v) is 8.17. The first-order chi connectivity index (χ1) is 24.8. The second-order valence-electron chi connectivity index (χ2n) is 13.3. The van der Waals surface area contributed by atoms with Gasteiger partial charge in [-0.1, -0.05) is 133 Å². The number of para-hydroxylation sites is 3. The van der Waals surface area contributed by atoms with Gasteiger partial charge in [-0.3, -0.25) is 0 Å². The van der Waals surface area contributed by atoms with E-state index in [4.69, 9.17) is 0 Å². The molecule has 2 heteroatoms. The molecule has 236 valence electrons. The van der Waals surface area contributed by atoms with Crippen LogP contribution in [-0.4, -0.2) is 10.6 Å². The number of anilines is 2. The van der Waals surface area contributed by atoms with Crippen LogP contribution in [0.2, 0.25) is 0 Å². The Morgan fingerprint density at radius 1 is 0.380 bits per heavy atom. The van der Waals surface area contributed by atoms with E-state index < -0.39 is 0 Å². The number of allylic oxidation sites excluding steroid dienone is 2. The fourth-order valence-electron chi connectivity index (χ4n) is 8.17. The minimum absolute atomic E-state index is 0.293. The number of hydrogen-bond donors (Lipinski definition) is 0. The highest BCUT2D eigenvalue weighted by Gasteiger charge is 2.36. The van der Waals surface area contributed by atoms with Crippen molar-refractivity contribution in [1.29, 1.82) is 0 Å². The average Bonchev–Trinajstić information content (AvgIpc) is 3.71. The Labute approximate surface area is 292 Å². The lowest BCUT2D eigenvalue weighted by molar-refractivity contribution is 0.745. The van der Waals surface area contributed by atoms with Crippen molar-refractivity contribution in [2.45, 2.75) is 12.0 Å². The van der Waals surface area contributed by atoms with E-state index in [1.54, 1.807) is 0 Å². The van der Waals surface area contributed by atoms with E-state index in [9.17, 15) is 0 Å². The third-order valence-corrected chi connectivity index (χ3v) is 10.5. The summed E-state index contributed by atoms with van der Waals surface area (Å²) in [5.41, 5.74) is 14.8. The van der Waals surface area contributed by atoms with E-state index in [-0.39, 0.29) is 0 Å². The van der Waals surface area contributed by atoms with Crippen molar-refractivity contribution in [2.24, 2.45) is 0 Å². The van der Waals surface area contributed by atoms with Gasteiger partial charge in [-0.15, -0.1) is 0 Å². The molecule has 1 aliphatic carbocycles. The molecule has 2 heterocycles. The Kier molecular flexibility index (Phi) is 6.67. The molecule has 2 atom stereocenters. The van der Waals surface area contributed by atoms with E-state index in [1.807, 2.05) is 0 Å². The van der Waals surface area contributed by atoms with E-state index >= 15 is 0 Å². The smallest absolute Gasteiger partial charge is 0.0629 e. The standard InChI is InChI=1S/C48H34N2/c1-2-12-33(13-3-1)36-30-37(34-22-26-39(27-23-34)49-45-18-8-4-14-41(45)42-15-5-9-19-46(42)49)32-38(31-36)35-24-28-40(29-25-35)50-47-20-10-6-16-43(47)44-17-7-11-21-48(44)50/h1-32,41,45H. The van der Waals surface area contributed by atoms with Crippen LogP contribution in [0.25, 0.3) is 60.9 Å². The maximum absolute atomic E-state index is 2.49. The Morgan fingerprint density at radius 3 is 1.52 bits per heavy atom. The lowest BCUT2D eigenvalue weighted by Gasteiger charge is -2.28. The molecule has 8 aromatic rings. The van der Waals surface area contributed by atoms with Crippen molar-refractivity contribution < 1.29 is 0 Å². The summed E-state index contributed by atoms with van der Waals surface area (Å²) in [4.78, 5) is 2.49. The highest BCUT2D eigenvalue weighted by atomic mass is 15.2. The van der Waals surface area contributed by atoms with Crippen molar-refractivity contribution in [1.82, 2.24) is 4.57 Å². The van der Waals surface area contributed by atoms with E-state index in [0.717, 1.165) is 5.69 Å². The summed E-state index contributed by atoms with van der Waals surface area (Å²) in [6.07, 6.45) is 9.03. The second kappa shape index (κ2) is 11.6. The Balaban J connectivity index is 1.04. The maximum Gasteiger partial charge on any atom is 0.0629 e. The van der Waals surface area contributed by atoms with Crippen molar-refractivity contribution in [3.63, 3.8) is 0 Å². The monoisotopic (exact) mass is 638 g/mol. The van der Waals surface area contributed by atoms with Crippen molar-refractivity contribution in [2.75, 3.05) is 4.90 Å². The summed E-state index contributed by atoms with van der Waals surface area (Å²) < 4.78 is 2.38. The fraction of sp³-hybridized carbons (Fsp3) is 0.0417. The number of rotatable bonds is 5. The Bertz CT molecular complexity index is 2530. The second-order valence-corrected chi connectivity index (χ2v) is 13.3. The van der Waals surface area contributed by atoms with Gasteiger partial charge in [0.05, 0.1) is 17.1 Å². The molecule has 10 rings (SSSR count). The van der Waals surface area contributed by atoms with Crippen molar-refractivity contribution in [3.8, 4) is 39.1 Å². The molecule has 0 radical (unpaired) electrons. The van der Waals surface area contributed by atoms with Crippen LogP contribution in [0.3, 0.4) is 0 Å². The number of nitrogens with zero attached hydrogens (tertiary/aromatic N) is 2. The summed E-state index contributed by atoms with van der Waals surface area (Å²) >= 11 is 0. The molecule has 2 unspecified atom stereocenters. The molecule has 2 nitrogen and oxygen atoms in total. The van der Waals surface area contributed by atoms with Crippen molar-refractivity contribution >= 4 is 33.2 Å². The molecular weight excluding hydrogens is 605 g/mol. The molecule has 0 bridgehead atoms. The molecule has 0 fully saturated rings. The molecule has 0 saturated heterocycles. The van der Waals surface area contributed by atoms with Crippen LogP contribution < -0.4 is 4.90 Å². The number of aromatic nitrogens is 1. The first kappa shape index (κ1) is 28.6. The molecule has 0 amide bonds. The van der Waals surface area contributed by atoms with E-state index in [0.29, 0.717) is 12.0 Å². The molecule has 7 aromatic carbocycles. The minimum atomic E-state index is 0.293. The summed E-state index contributed by atoms with van der Waals surface area (Å²) in [7, 11) is 0.